The van der Waals surface area contributed by atoms with Crippen LogP contribution >= 0.6 is 0 Å². The van der Waals surface area contributed by atoms with E-state index in [1.54, 1.807) is 0 Å². The predicted molar refractivity (Wildman–Crippen MR) is 64.1 cm³/mol. The summed E-state index contributed by atoms with van der Waals surface area (Å²) in [5.41, 5.74) is 1.11. The van der Waals surface area contributed by atoms with Gasteiger partial charge in [-0.1, -0.05) is 13.8 Å². The van der Waals surface area contributed by atoms with Gasteiger partial charge in [0.05, 0.1) is 5.41 Å². The van der Waals surface area contributed by atoms with Gasteiger partial charge in [0.25, 0.3) is 0 Å². The first kappa shape index (κ1) is 10.3. The van der Waals surface area contributed by atoms with E-state index in [4.69, 9.17) is 0 Å². The Kier molecular flexibility index (Phi) is 1.55. The van der Waals surface area contributed by atoms with Gasteiger partial charge in [0.2, 0.25) is 6.04 Å². The molecule has 3 unspecified atom stereocenters. The van der Waals surface area contributed by atoms with Crippen LogP contribution in [-0.4, -0.2) is 11.0 Å². The molecule has 0 heterocycles. The number of nitrogens with zero attached hydrogens (tertiary/aromatic N) is 1. The van der Waals surface area contributed by atoms with Crippen LogP contribution in [0.4, 0.5) is 0 Å². The van der Waals surface area contributed by atoms with Gasteiger partial charge in [0.1, 0.15) is 0 Å². The lowest BCUT2D eigenvalue weighted by molar-refractivity contribution is -0.511. The summed E-state index contributed by atoms with van der Waals surface area (Å²) >= 11 is 0. The Labute approximate surface area is 102 Å². The average Bonchev–Trinajstić information content (AvgIpc) is 3.02. The van der Waals surface area contributed by atoms with E-state index in [1.165, 1.54) is 32.1 Å². The Bertz CT molecular complexity index is 422. The largest absolute Gasteiger partial charge is 0.264 e. The van der Waals surface area contributed by atoms with Crippen molar-refractivity contribution in [2.24, 2.45) is 28.1 Å². The zero-order valence-electron chi connectivity index (χ0n) is 10.7. The van der Waals surface area contributed by atoms with Crippen molar-refractivity contribution in [3.05, 3.63) is 10.1 Å². The first-order chi connectivity index (χ1) is 7.92. The van der Waals surface area contributed by atoms with Gasteiger partial charge in [-0.2, -0.15) is 0 Å². The van der Waals surface area contributed by atoms with Crippen LogP contribution in [0.3, 0.4) is 0 Å². The number of fused-ring (bicyclic) bond motifs is 1. The summed E-state index contributed by atoms with van der Waals surface area (Å²) in [5.74, 6) is 1.33. The standard InChI is InChI=1S/C14H21NO2/c1-12-4-3-9-13(2,6-5-12)10(7-12)14(9)8-11(14)15(16)17/h9-11H,3-8H2,1-2H3/t9-,10+,11?,12?,13+,14?/m1/s1. The monoisotopic (exact) mass is 235 g/mol. The van der Waals surface area contributed by atoms with E-state index in [9.17, 15) is 10.1 Å². The maximum Gasteiger partial charge on any atom is 0.220 e. The van der Waals surface area contributed by atoms with Crippen molar-refractivity contribution in [2.75, 3.05) is 0 Å². The second-order valence-electron chi connectivity index (χ2n) is 7.78. The van der Waals surface area contributed by atoms with Gasteiger partial charge in [-0.05, 0) is 54.8 Å². The fraction of sp³-hybridized carbons (Fsp3) is 1.00. The van der Waals surface area contributed by atoms with Gasteiger partial charge in [-0.25, -0.2) is 0 Å². The summed E-state index contributed by atoms with van der Waals surface area (Å²) in [6.45, 7) is 4.85. The van der Waals surface area contributed by atoms with E-state index >= 15 is 0 Å². The third-order valence-electron chi connectivity index (χ3n) is 7.15. The summed E-state index contributed by atoms with van der Waals surface area (Å²) in [7, 11) is 0. The van der Waals surface area contributed by atoms with E-state index in [0.717, 1.165) is 6.42 Å². The van der Waals surface area contributed by atoms with Crippen molar-refractivity contribution in [2.45, 2.75) is 58.4 Å². The van der Waals surface area contributed by atoms with Crippen molar-refractivity contribution in [3.8, 4) is 0 Å². The first-order valence-electron chi connectivity index (χ1n) is 7.06. The van der Waals surface area contributed by atoms with Crippen molar-refractivity contribution in [1.29, 1.82) is 0 Å². The minimum Gasteiger partial charge on any atom is -0.264 e. The Hall–Kier alpha value is -0.600. The average molecular weight is 235 g/mol. The van der Waals surface area contributed by atoms with E-state index in [1.807, 2.05) is 0 Å². The molecule has 0 aromatic heterocycles. The molecule has 0 radical (unpaired) electrons. The summed E-state index contributed by atoms with van der Waals surface area (Å²) in [4.78, 5) is 11.1. The summed E-state index contributed by atoms with van der Waals surface area (Å²) in [5, 5.41) is 11.1. The molecule has 0 amide bonds. The molecule has 3 nitrogen and oxygen atoms in total. The molecule has 6 atom stereocenters. The predicted octanol–water partition coefficient (Wildman–Crippen LogP) is 3.26. The molecular weight excluding hydrogens is 214 g/mol. The van der Waals surface area contributed by atoms with Crippen LogP contribution in [0.15, 0.2) is 0 Å². The second-order valence-corrected chi connectivity index (χ2v) is 7.78. The van der Waals surface area contributed by atoms with Gasteiger partial charge in [0, 0.05) is 11.3 Å². The molecule has 94 valence electrons. The molecule has 6 rings (SSSR count). The lowest BCUT2D eigenvalue weighted by atomic mass is 9.40. The van der Waals surface area contributed by atoms with E-state index < -0.39 is 0 Å². The third-order valence-corrected chi connectivity index (χ3v) is 7.15. The van der Waals surface area contributed by atoms with Crippen LogP contribution in [0.25, 0.3) is 0 Å². The topological polar surface area (TPSA) is 43.1 Å². The van der Waals surface area contributed by atoms with Gasteiger partial charge in [-0.15, -0.1) is 0 Å². The first-order valence-corrected chi connectivity index (χ1v) is 7.06. The molecule has 6 saturated carbocycles. The maximum absolute atomic E-state index is 11.1. The summed E-state index contributed by atoms with van der Waals surface area (Å²) in [6, 6.07) is -0.189. The van der Waals surface area contributed by atoms with Crippen LogP contribution in [0.5, 0.6) is 0 Å². The highest BCUT2D eigenvalue weighted by molar-refractivity contribution is 5.28. The van der Waals surface area contributed by atoms with Crippen LogP contribution in [0, 0.1) is 38.2 Å². The Morgan fingerprint density at radius 1 is 1.12 bits per heavy atom. The van der Waals surface area contributed by atoms with E-state index in [2.05, 4.69) is 13.8 Å². The van der Waals surface area contributed by atoms with E-state index in [0.29, 0.717) is 22.7 Å². The van der Waals surface area contributed by atoms with E-state index in [-0.39, 0.29) is 16.4 Å². The van der Waals surface area contributed by atoms with Gasteiger partial charge >= 0.3 is 0 Å². The van der Waals surface area contributed by atoms with Gasteiger partial charge in [0.15, 0.2) is 0 Å². The lowest BCUT2D eigenvalue weighted by Gasteiger charge is -2.63. The molecule has 1 spiro atoms. The number of rotatable bonds is 1. The minimum atomic E-state index is -0.189. The molecule has 0 N–H and O–H groups in total. The molecule has 0 aliphatic heterocycles. The fourth-order valence-corrected chi connectivity index (χ4v) is 6.17. The van der Waals surface area contributed by atoms with Crippen molar-refractivity contribution in [3.63, 3.8) is 0 Å². The Balaban J connectivity index is 1.74. The zero-order valence-corrected chi connectivity index (χ0v) is 10.7. The molecule has 17 heavy (non-hydrogen) atoms. The second kappa shape index (κ2) is 2.55. The maximum atomic E-state index is 11.1. The molecular formula is C14H21NO2. The van der Waals surface area contributed by atoms with Crippen LogP contribution in [0.2, 0.25) is 0 Å². The quantitative estimate of drug-likeness (QED) is 0.517. The minimum absolute atomic E-state index is 0.0177. The highest BCUT2D eigenvalue weighted by Crippen LogP contribution is 2.83. The molecule has 4 bridgehead atoms. The van der Waals surface area contributed by atoms with Crippen LogP contribution < -0.4 is 0 Å². The Morgan fingerprint density at radius 3 is 2.53 bits per heavy atom. The SMILES string of the molecule is CC12CC[C@H]3C4(CC4[N+](=O)[O-])[C@@H](C1)[C@@]3(C)CC2. The van der Waals surface area contributed by atoms with Crippen LogP contribution in [-0.2, 0) is 0 Å². The molecule has 6 aliphatic carbocycles. The number of hydrogen-bond acceptors (Lipinski definition) is 2. The molecule has 6 aliphatic rings. The smallest absolute Gasteiger partial charge is 0.220 e. The van der Waals surface area contributed by atoms with Crippen molar-refractivity contribution in [1.82, 2.24) is 0 Å². The van der Waals surface area contributed by atoms with Crippen molar-refractivity contribution < 1.29 is 4.92 Å². The normalized spacial score (nSPS) is 63.1. The lowest BCUT2D eigenvalue weighted by Crippen LogP contribution is -2.60. The van der Waals surface area contributed by atoms with Gasteiger partial charge in [-0.3, -0.25) is 10.1 Å². The molecule has 0 aromatic rings. The molecule has 6 fully saturated rings. The molecule has 3 heteroatoms. The third kappa shape index (κ3) is 0.934. The number of nitro groups is 1. The fourth-order valence-electron chi connectivity index (χ4n) is 6.17. The van der Waals surface area contributed by atoms with Crippen LogP contribution in [0.1, 0.15) is 52.4 Å². The molecule has 0 saturated heterocycles. The van der Waals surface area contributed by atoms with Crippen molar-refractivity contribution >= 4 is 0 Å². The summed E-state index contributed by atoms with van der Waals surface area (Å²) < 4.78 is 0. The Morgan fingerprint density at radius 2 is 1.88 bits per heavy atom. The zero-order chi connectivity index (χ0) is 12.1. The highest BCUT2D eigenvalue weighted by atomic mass is 16.6. The number of hydrogen-bond donors (Lipinski definition) is 0. The highest BCUT2D eigenvalue weighted by Gasteiger charge is 2.84. The molecule has 0 aromatic carbocycles. The van der Waals surface area contributed by atoms with Gasteiger partial charge < -0.3 is 0 Å². The summed E-state index contributed by atoms with van der Waals surface area (Å²) in [6.07, 6.45) is 7.41.